The van der Waals surface area contributed by atoms with Crippen molar-refractivity contribution in [1.29, 1.82) is 0 Å². The maximum absolute atomic E-state index is 5.02. The van der Waals surface area contributed by atoms with Gasteiger partial charge in [0, 0.05) is 5.75 Å². The van der Waals surface area contributed by atoms with Crippen molar-refractivity contribution >= 4 is 29.3 Å². The third-order valence-corrected chi connectivity index (χ3v) is 5.58. The second-order valence-corrected chi connectivity index (χ2v) is 7.56. The van der Waals surface area contributed by atoms with Gasteiger partial charge >= 0.3 is 0 Å². The molecule has 0 saturated heterocycles. The summed E-state index contributed by atoms with van der Waals surface area (Å²) >= 11 is 1.78. The fourth-order valence-electron chi connectivity index (χ4n) is 3.33. The van der Waals surface area contributed by atoms with Crippen LogP contribution in [0, 0.1) is 6.92 Å². The van der Waals surface area contributed by atoms with Crippen molar-refractivity contribution < 1.29 is 0 Å². The van der Waals surface area contributed by atoms with E-state index < -0.39 is 0 Å². The van der Waals surface area contributed by atoms with E-state index >= 15 is 0 Å². The molecule has 1 N–H and O–H groups in total. The minimum absolute atomic E-state index is 0. The molecule has 3 aromatic rings. The quantitative estimate of drug-likeness (QED) is 0.578. The number of amidine groups is 1. The maximum Gasteiger partial charge on any atom is 0.158 e. The highest BCUT2D eigenvalue weighted by Crippen LogP contribution is 2.38. The van der Waals surface area contributed by atoms with E-state index in [0.717, 1.165) is 10.9 Å². The predicted octanol–water partition coefficient (Wildman–Crippen LogP) is 6.09. The molecule has 3 aromatic carbocycles. The second kappa shape index (κ2) is 9.12. The number of rotatable bonds is 4. The topological polar surface area (TPSA) is 24.4 Å². The van der Waals surface area contributed by atoms with Gasteiger partial charge in [-0.25, -0.2) is 0 Å². The smallest absolute Gasteiger partial charge is 0.158 e. The van der Waals surface area contributed by atoms with Gasteiger partial charge in [0.25, 0.3) is 0 Å². The number of nitrogens with one attached hydrogen (secondary N) is 1. The zero-order valence-corrected chi connectivity index (χ0v) is 16.8. The highest BCUT2D eigenvalue weighted by Gasteiger charge is 2.31. The van der Waals surface area contributed by atoms with Crippen molar-refractivity contribution in [2.45, 2.75) is 24.8 Å². The van der Waals surface area contributed by atoms with E-state index in [4.69, 9.17) is 4.99 Å². The maximum atomic E-state index is 5.02. The Morgan fingerprint density at radius 3 is 2.19 bits per heavy atom. The Hall–Kier alpha value is -2.23. The van der Waals surface area contributed by atoms with Gasteiger partial charge in [-0.15, -0.1) is 12.4 Å². The first-order valence-electron chi connectivity index (χ1n) is 8.92. The van der Waals surface area contributed by atoms with E-state index in [9.17, 15) is 0 Å². The molecule has 0 unspecified atom stereocenters. The molecule has 2 atom stereocenters. The average Bonchev–Trinajstić information content (AvgIpc) is 3.12. The van der Waals surface area contributed by atoms with Crippen molar-refractivity contribution in [3.8, 4) is 0 Å². The molecule has 0 spiro atoms. The van der Waals surface area contributed by atoms with Crippen molar-refractivity contribution in [3.63, 3.8) is 0 Å². The van der Waals surface area contributed by atoms with Crippen LogP contribution in [0.25, 0.3) is 0 Å². The normalized spacial score (nSPS) is 18.3. The second-order valence-electron chi connectivity index (χ2n) is 6.60. The first kappa shape index (κ1) is 19.5. The molecule has 138 valence electrons. The Labute approximate surface area is 171 Å². The minimum atomic E-state index is 0. The van der Waals surface area contributed by atoms with Crippen LogP contribution in [-0.2, 0) is 5.75 Å². The summed E-state index contributed by atoms with van der Waals surface area (Å²) in [5.74, 6) is 0.927. The van der Waals surface area contributed by atoms with E-state index in [1.54, 1.807) is 11.8 Å². The highest BCUT2D eigenvalue weighted by molar-refractivity contribution is 8.13. The van der Waals surface area contributed by atoms with Gasteiger partial charge in [0.2, 0.25) is 0 Å². The molecule has 0 saturated carbocycles. The van der Waals surface area contributed by atoms with E-state index in [1.807, 2.05) is 0 Å². The Morgan fingerprint density at radius 1 is 0.852 bits per heavy atom. The van der Waals surface area contributed by atoms with E-state index in [2.05, 4.69) is 97.2 Å². The Balaban J connectivity index is 0.00000210. The van der Waals surface area contributed by atoms with Crippen LogP contribution in [0.4, 0.5) is 0 Å². The Morgan fingerprint density at radius 2 is 1.52 bits per heavy atom. The largest absolute Gasteiger partial charge is 0.356 e. The van der Waals surface area contributed by atoms with Crippen LogP contribution in [0.2, 0.25) is 0 Å². The first-order valence-corrected chi connectivity index (χ1v) is 9.91. The summed E-state index contributed by atoms with van der Waals surface area (Å²) in [6, 6.07) is 30.1. The Bertz CT molecular complexity index is 897. The van der Waals surface area contributed by atoms with Crippen LogP contribution in [0.1, 0.15) is 34.3 Å². The zero-order chi connectivity index (χ0) is 17.8. The lowest BCUT2D eigenvalue weighted by Crippen LogP contribution is -2.22. The van der Waals surface area contributed by atoms with E-state index in [0.29, 0.717) is 0 Å². The molecule has 0 bridgehead atoms. The molecule has 0 aliphatic carbocycles. The zero-order valence-electron chi connectivity index (χ0n) is 15.2. The number of hydrogen-bond donors (Lipinski definition) is 1. The summed E-state index contributed by atoms with van der Waals surface area (Å²) in [5, 5.41) is 4.68. The van der Waals surface area contributed by atoms with Crippen LogP contribution < -0.4 is 5.32 Å². The van der Waals surface area contributed by atoms with Crippen LogP contribution in [0.3, 0.4) is 0 Å². The fraction of sp³-hybridized carbons (Fsp3) is 0.174. The minimum Gasteiger partial charge on any atom is -0.356 e. The third-order valence-electron chi connectivity index (χ3n) is 4.61. The summed E-state index contributed by atoms with van der Waals surface area (Å²) in [6.45, 7) is 2.14. The molecule has 1 heterocycles. The fourth-order valence-corrected chi connectivity index (χ4v) is 4.21. The lowest BCUT2D eigenvalue weighted by Gasteiger charge is -2.19. The Kier molecular flexibility index (Phi) is 6.59. The van der Waals surface area contributed by atoms with Crippen LogP contribution >= 0.6 is 24.2 Å². The van der Waals surface area contributed by atoms with Gasteiger partial charge in [0.15, 0.2) is 5.17 Å². The van der Waals surface area contributed by atoms with Gasteiger partial charge in [-0.3, -0.25) is 4.99 Å². The molecule has 1 aliphatic heterocycles. The number of aliphatic imine (C=N–C) groups is 1. The van der Waals surface area contributed by atoms with Crippen molar-refractivity contribution in [2.24, 2.45) is 4.99 Å². The first-order chi connectivity index (χ1) is 12.8. The van der Waals surface area contributed by atoms with Gasteiger partial charge in [0.1, 0.15) is 6.04 Å². The molecule has 0 fully saturated rings. The lowest BCUT2D eigenvalue weighted by molar-refractivity contribution is 0.573. The molecular weight excluding hydrogens is 372 g/mol. The number of nitrogens with zero attached hydrogens (tertiary/aromatic N) is 1. The molecular formula is C23H23ClN2S. The van der Waals surface area contributed by atoms with Gasteiger partial charge in [0.05, 0.1) is 6.04 Å². The van der Waals surface area contributed by atoms with Gasteiger partial charge < -0.3 is 5.32 Å². The van der Waals surface area contributed by atoms with Crippen LogP contribution in [0.15, 0.2) is 89.9 Å². The van der Waals surface area contributed by atoms with E-state index in [1.165, 1.54) is 22.3 Å². The summed E-state index contributed by atoms with van der Waals surface area (Å²) in [7, 11) is 0. The number of hydrogen-bond acceptors (Lipinski definition) is 3. The molecule has 4 heteroatoms. The summed E-state index contributed by atoms with van der Waals surface area (Å²) < 4.78 is 0. The molecule has 4 rings (SSSR count). The number of aryl methyl sites for hydroxylation is 1. The molecule has 2 nitrogen and oxygen atoms in total. The highest BCUT2D eigenvalue weighted by atomic mass is 35.5. The summed E-state index contributed by atoms with van der Waals surface area (Å²) in [6.07, 6.45) is 0. The lowest BCUT2D eigenvalue weighted by atomic mass is 9.95. The molecule has 0 amide bonds. The van der Waals surface area contributed by atoms with Crippen LogP contribution in [-0.4, -0.2) is 5.17 Å². The van der Waals surface area contributed by atoms with Gasteiger partial charge in [-0.2, -0.15) is 0 Å². The van der Waals surface area contributed by atoms with Crippen molar-refractivity contribution in [2.75, 3.05) is 0 Å². The summed E-state index contributed by atoms with van der Waals surface area (Å²) in [5.41, 5.74) is 5.16. The molecule has 0 radical (unpaired) electrons. The monoisotopic (exact) mass is 394 g/mol. The van der Waals surface area contributed by atoms with Crippen molar-refractivity contribution in [1.82, 2.24) is 5.32 Å². The third kappa shape index (κ3) is 4.74. The van der Waals surface area contributed by atoms with Gasteiger partial charge in [-0.05, 0) is 23.6 Å². The number of thioether (sulfide) groups is 1. The SMILES string of the molecule is Cc1cccc(CSC2=N[C@H](c3ccccc3)[C@H](c3ccccc3)N2)c1.Cl. The van der Waals surface area contributed by atoms with Crippen LogP contribution in [0.5, 0.6) is 0 Å². The molecule has 1 aliphatic rings. The predicted molar refractivity (Wildman–Crippen MR) is 119 cm³/mol. The average molecular weight is 395 g/mol. The number of benzene rings is 3. The standard InChI is InChI=1S/C23H22N2S.ClH/c1-17-9-8-10-18(15-17)16-26-23-24-21(19-11-4-2-5-12-19)22(25-23)20-13-6-3-7-14-20;/h2-15,21-22H,16H2,1H3,(H,24,25);1H/t21-,22+;. The van der Waals surface area contributed by atoms with E-state index in [-0.39, 0.29) is 24.5 Å². The number of halogens is 1. The van der Waals surface area contributed by atoms with Gasteiger partial charge in [-0.1, -0.05) is 102 Å². The summed E-state index contributed by atoms with van der Waals surface area (Å²) in [4.78, 5) is 5.02. The molecule has 27 heavy (non-hydrogen) atoms. The van der Waals surface area contributed by atoms with Crippen molar-refractivity contribution in [3.05, 3.63) is 107 Å². The molecule has 0 aromatic heterocycles.